The van der Waals surface area contributed by atoms with E-state index in [0.29, 0.717) is 0 Å². The molecule has 2 rings (SSSR count). The van der Waals surface area contributed by atoms with Crippen LogP contribution in [-0.4, -0.2) is 18.9 Å². The number of amides is 2. The summed E-state index contributed by atoms with van der Waals surface area (Å²) in [5.74, 6) is 0.209. The molecule has 0 aliphatic heterocycles. The zero-order valence-corrected chi connectivity index (χ0v) is 12.3. The first-order chi connectivity index (χ1) is 10.7. The predicted octanol–water partition coefficient (Wildman–Crippen LogP) is 1.63. The van der Waals surface area contributed by atoms with E-state index in [0.717, 1.165) is 16.9 Å². The molecule has 0 unspecified atom stereocenters. The normalized spacial score (nSPS) is 9.86. The molecule has 0 radical (unpaired) electrons. The van der Waals surface area contributed by atoms with Gasteiger partial charge < -0.3 is 4.74 Å². The Morgan fingerprint density at radius 1 is 0.818 bits per heavy atom. The van der Waals surface area contributed by atoms with E-state index in [1.807, 2.05) is 42.5 Å². The molecule has 0 heterocycles. The van der Waals surface area contributed by atoms with Crippen molar-refractivity contribution in [2.75, 3.05) is 7.11 Å². The Bertz CT molecular complexity index is 624. The number of ether oxygens (including phenoxy) is 1. The van der Waals surface area contributed by atoms with Crippen LogP contribution in [-0.2, 0) is 22.4 Å². The summed E-state index contributed by atoms with van der Waals surface area (Å²) in [4.78, 5) is 23.5. The van der Waals surface area contributed by atoms with Crippen LogP contribution < -0.4 is 15.6 Å². The number of rotatable bonds is 5. The maximum absolute atomic E-state index is 11.8. The van der Waals surface area contributed by atoms with Crippen molar-refractivity contribution < 1.29 is 14.3 Å². The second-order valence-corrected chi connectivity index (χ2v) is 4.78. The maximum Gasteiger partial charge on any atom is 0.242 e. The number of hydrogen-bond acceptors (Lipinski definition) is 3. The standard InChI is InChI=1S/C17H18N2O3/c1-22-15-9-7-14(8-10-15)12-17(21)19-18-16(20)11-13-5-3-2-4-6-13/h2-10H,11-12H2,1H3,(H,18,20)(H,19,21). The van der Waals surface area contributed by atoms with E-state index in [1.165, 1.54) is 0 Å². The van der Waals surface area contributed by atoms with Gasteiger partial charge in [0.2, 0.25) is 11.8 Å². The lowest BCUT2D eigenvalue weighted by Crippen LogP contribution is -2.43. The van der Waals surface area contributed by atoms with Gasteiger partial charge in [-0.15, -0.1) is 0 Å². The van der Waals surface area contributed by atoms with E-state index < -0.39 is 0 Å². The summed E-state index contributed by atoms with van der Waals surface area (Å²) < 4.78 is 5.05. The van der Waals surface area contributed by atoms with Crippen molar-refractivity contribution in [1.82, 2.24) is 10.9 Å². The number of methoxy groups -OCH3 is 1. The lowest BCUT2D eigenvalue weighted by Gasteiger charge is -2.08. The Morgan fingerprint density at radius 3 is 1.82 bits per heavy atom. The van der Waals surface area contributed by atoms with Gasteiger partial charge in [-0.05, 0) is 23.3 Å². The second-order valence-electron chi connectivity index (χ2n) is 4.78. The highest BCUT2D eigenvalue weighted by Crippen LogP contribution is 2.11. The summed E-state index contributed by atoms with van der Waals surface area (Å²) in [5.41, 5.74) is 6.56. The number of nitrogens with one attached hydrogen (secondary N) is 2. The Morgan fingerprint density at radius 2 is 1.32 bits per heavy atom. The van der Waals surface area contributed by atoms with Crippen molar-refractivity contribution in [3.63, 3.8) is 0 Å². The monoisotopic (exact) mass is 298 g/mol. The summed E-state index contributed by atoms with van der Waals surface area (Å²) in [6.45, 7) is 0. The van der Waals surface area contributed by atoms with E-state index in [9.17, 15) is 9.59 Å². The third-order valence-electron chi connectivity index (χ3n) is 3.07. The van der Waals surface area contributed by atoms with Gasteiger partial charge in [-0.25, -0.2) is 0 Å². The van der Waals surface area contributed by atoms with Crippen molar-refractivity contribution >= 4 is 11.8 Å². The minimum Gasteiger partial charge on any atom is -0.497 e. The molecule has 5 heteroatoms. The molecule has 5 nitrogen and oxygen atoms in total. The number of hydrogen-bond donors (Lipinski definition) is 2. The molecule has 0 aromatic heterocycles. The number of hydrazine groups is 1. The fraction of sp³-hybridized carbons (Fsp3) is 0.176. The molecule has 2 N–H and O–H groups in total. The summed E-state index contributed by atoms with van der Waals surface area (Å²) >= 11 is 0. The summed E-state index contributed by atoms with van der Waals surface area (Å²) in [6, 6.07) is 16.5. The fourth-order valence-electron chi connectivity index (χ4n) is 1.94. The van der Waals surface area contributed by atoms with Gasteiger partial charge in [-0.2, -0.15) is 0 Å². The van der Waals surface area contributed by atoms with Crippen molar-refractivity contribution in [1.29, 1.82) is 0 Å². The average Bonchev–Trinajstić information content (AvgIpc) is 2.55. The van der Waals surface area contributed by atoms with Gasteiger partial charge in [0, 0.05) is 0 Å². The Labute approximate surface area is 129 Å². The molecule has 0 fully saturated rings. The first kappa shape index (κ1) is 15.6. The average molecular weight is 298 g/mol. The molecule has 22 heavy (non-hydrogen) atoms. The van der Waals surface area contributed by atoms with Gasteiger partial charge in [0.05, 0.1) is 20.0 Å². The van der Waals surface area contributed by atoms with Crippen LogP contribution in [0.3, 0.4) is 0 Å². The van der Waals surface area contributed by atoms with Crippen LogP contribution in [0.15, 0.2) is 54.6 Å². The van der Waals surface area contributed by atoms with Gasteiger partial charge in [-0.3, -0.25) is 20.4 Å². The van der Waals surface area contributed by atoms with Crippen molar-refractivity contribution in [2.45, 2.75) is 12.8 Å². The Balaban J connectivity index is 1.76. The van der Waals surface area contributed by atoms with Crippen LogP contribution >= 0.6 is 0 Å². The van der Waals surface area contributed by atoms with Crippen LogP contribution in [0.25, 0.3) is 0 Å². The quantitative estimate of drug-likeness (QED) is 0.824. The molecule has 2 aromatic carbocycles. The van der Waals surface area contributed by atoms with Gasteiger partial charge >= 0.3 is 0 Å². The highest BCUT2D eigenvalue weighted by molar-refractivity contribution is 5.84. The third-order valence-corrected chi connectivity index (χ3v) is 3.07. The lowest BCUT2D eigenvalue weighted by atomic mass is 10.1. The van der Waals surface area contributed by atoms with Crippen LogP contribution in [0.1, 0.15) is 11.1 Å². The number of carbonyl (C=O) groups excluding carboxylic acids is 2. The number of carbonyl (C=O) groups is 2. The van der Waals surface area contributed by atoms with Crippen molar-refractivity contribution in [3.8, 4) is 5.75 Å². The van der Waals surface area contributed by atoms with Gasteiger partial charge in [0.15, 0.2) is 0 Å². The van der Waals surface area contributed by atoms with E-state index in [-0.39, 0.29) is 24.7 Å². The molecule has 2 amide bonds. The SMILES string of the molecule is COc1ccc(CC(=O)NNC(=O)Cc2ccccc2)cc1. The molecule has 2 aromatic rings. The summed E-state index contributed by atoms with van der Waals surface area (Å²) in [5, 5.41) is 0. The molecule has 0 spiro atoms. The molecular formula is C17H18N2O3. The molecule has 0 atom stereocenters. The molecule has 114 valence electrons. The van der Waals surface area contributed by atoms with Crippen LogP contribution in [0, 0.1) is 0 Å². The van der Waals surface area contributed by atoms with E-state index >= 15 is 0 Å². The molecule has 0 aliphatic carbocycles. The zero-order valence-electron chi connectivity index (χ0n) is 12.3. The minimum atomic E-state index is -0.272. The smallest absolute Gasteiger partial charge is 0.242 e. The summed E-state index contributed by atoms with van der Waals surface area (Å²) in [7, 11) is 1.59. The predicted molar refractivity (Wildman–Crippen MR) is 83.1 cm³/mol. The first-order valence-corrected chi connectivity index (χ1v) is 6.92. The minimum absolute atomic E-state index is 0.190. The van der Waals surface area contributed by atoms with E-state index in [4.69, 9.17) is 4.74 Å². The van der Waals surface area contributed by atoms with Crippen molar-refractivity contribution in [2.24, 2.45) is 0 Å². The van der Waals surface area contributed by atoms with Crippen LogP contribution in [0.2, 0.25) is 0 Å². The van der Waals surface area contributed by atoms with Gasteiger partial charge in [0.1, 0.15) is 5.75 Å². The summed E-state index contributed by atoms with van der Waals surface area (Å²) in [6.07, 6.45) is 0.416. The third kappa shape index (κ3) is 4.94. The van der Waals surface area contributed by atoms with Crippen molar-refractivity contribution in [3.05, 3.63) is 65.7 Å². The van der Waals surface area contributed by atoms with Crippen LogP contribution in [0.4, 0.5) is 0 Å². The Hall–Kier alpha value is -2.82. The highest BCUT2D eigenvalue weighted by atomic mass is 16.5. The lowest BCUT2D eigenvalue weighted by molar-refractivity contribution is -0.128. The largest absolute Gasteiger partial charge is 0.497 e. The molecule has 0 saturated heterocycles. The zero-order chi connectivity index (χ0) is 15.8. The van der Waals surface area contributed by atoms with Crippen LogP contribution in [0.5, 0.6) is 5.75 Å². The Kier molecular flexibility index (Phi) is 5.54. The highest BCUT2D eigenvalue weighted by Gasteiger charge is 2.06. The molecular weight excluding hydrogens is 280 g/mol. The maximum atomic E-state index is 11.8. The van der Waals surface area contributed by atoms with Gasteiger partial charge in [0.25, 0.3) is 0 Å². The number of benzene rings is 2. The molecule has 0 aliphatic rings. The molecule has 0 bridgehead atoms. The molecule has 0 saturated carbocycles. The van der Waals surface area contributed by atoms with E-state index in [1.54, 1.807) is 19.2 Å². The second kappa shape index (κ2) is 7.83. The van der Waals surface area contributed by atoms with E-state index in [2.05, 4.69) is 10.9 Å². The fourth-order valence-corrected chi connectivity index (χ4v) is 1.94. The van der Waals surface area contributed by atoms with Gasteiger partial charge in [-0.1, -0.05) is 42.5 Å². The topological polar surface area (TPSA) is 67.4 Å². The first-order valence-electron chi connectivity index (χ1n) is 6.92.